The summed E-state index contributed by atoms with van der Waals surface area (Å²) in [6, 6.07) is 15.5. The van der Waals surface area contributed by atoms with Gasteiger partial charge in [0.2, 0.25) is 0 Å². The summed E-state index contributed by atoms with van der Waals surface area (Å²) in [6.45, 7) is 3.84. The van der Waals surface area contributed by atoms with Crippen molar-refractivity contribution in [2.24, 2.45) is 0 Å². The van der Waals surface area contributed by atoms with E-state index in [4.69, 9.17) is 9.47 Å². The van der Waals surface area contributed by atoms with E-state index in [1.54, 1.807) is 6.08 Å². The normalized spacial score (nSPS) is 13.2. The van der Waals surface area contributed by atoms with Gasteiger partial charge in [0.15, 0.2) is 0 Å². The molecule has 0 saturated heterocycles. The third-order valence-corrected chi connectivity index (χ3v) is 4.78. The van der Waals surface area contributed by atoms with E-state index in [9.17, 15) is 9.59 Å². The third kappa shape index (κ3) is 4.03. The number of allylic oxidation sites excluding steroid dienone is 1. The maximum Gasteiger partial charge on any atom is 0.407 e. The lowest BCUT2D eigenvalue weighted by molar-refractivity contribution is -0.143. The number of carbonyl (C=O) groups excluding carboxylic acids is 2. The van der Waals surface area contributed by atoms with Gasteiger partial charge < -0.3 is 14.8 Å². The van der Waals surface area contributed by atoms with Crippen LogP contribution in [-0.2, 0) is 14.3 Å². The van der Waals surface area contributed by atoms with Gasteiger partial charge >= 0.3 is 12.1 Å². The Hall–Kier alpha value is -3.08. The number of hydrogen-bond donors (Lipinski definition) is 1. The van der Waals surface area contributed by atoms with E-state index in [1.165, 1.54) is 18.2 Å². The minimum atomic E-state index is -0.747. The minimum Gasteiger partial charge on any atom is -0.467 e. The van der Waals surface area contributed by atoms with Crippen LogP contribution in [0, 0.1) is 0 Å². The highest BCUT2D eigenvalue weighted by Gasteiger charge is 2.29. The number of ether oxygens (including phenoxy) is 2. The molecule has 0 bridgehead atoms. The fraction of sp³-hybridized carbons (Fsp3) is 0.273. The van der Waals surface area contributed by atoms with Crippen molar-refractivity contribution in [2.45, 2.75) is 24.8 Å². The van der Waals surface area contributed by atoms with Crippen LogP contribution in [0.1, 0.15) is 29.9 Å². The zero-order valence-corrected chi connectivity index (χ0v) is 15.3. The van der Waals surface area contributed by atoms with Crippen LogP contribution in [-0.4, -0.2) is 31.8 Å². The van der Waals surface area contributed by atoms with Crippen LogP contribution in [0.15, 0.2) is 61.2 Å². The molecule has 0 spiro atoms. The summed E-state index contributed by atoms with van der Waals surface area (Å²) in [6.07, 6.45) is 2.07. The molecule has 0 aromatic heterocycles. The molecule has 0 aliphatic heterocycles. The van der Waals surface area contributed by atoms with Crippen molar-refractivity contribution in [2.75, 3.05) is 13.7 Å². The molecular formula is C22H23NO4. The lowest BCUT2D eigenvalue weighted by Gasteiger charge is -2.18. The first-order valence-corrected chi connectivity index (χ1v) is 8.96. The molecule has 0 radical (unpaired) electrons. The van der Waals surface area contributed by atoms with Gasteiger partial charge in [-0.2, -0.15) is 0 Å². The summed E-state index contributed by atoms with van der Waals surface area (Å²) in [4.78, 5) is 24.1. The molecule has 3 rings (SSSR count). The fourth-order valence-electron chi connectivity index (χ4n) is 3.46. The van der Waals surface area contributed by atoms with Gasteiger partial charge in [0.1, 0.15) is 12.6 Å². The first-order chi connectivity index (χ1) is 13.2. The number of esters is 1. The van der Waals surface area contributed by atoms with Crippen LogP contribution >= 0.6 is 0 Å². The molecule has 5 heteroatoms. The number of carbonyl (C=O) groups is 2. The molecular weight excluding hydrogens is 342 g/mol. The summed E-state index contributed by atoms with van der Waals surface area (Å²) < 4.78 is 10.2. The van der Waals surface area contributed by atoms with Gasteiger partial charge in [-0.3, -0.25) is 0 Å². The Morgan fingerprint density at radius 2 is 1.70 bits per heavy atom. The third-order valence-electron chi connectivity index (χ3n) is 4.78. The predicted octanol–water partition coefficient (Wildman–Crippen LogP) is 4.03. The Kier molecular flexibility index (Phi) is 5.91. The van der Waals surface area contributed by atoms with Gasteiger partial charge in [-0.25, -0.2) is 9.59 Å². The second-order valence-corrected chi connectivity index (χ2v) is 6.41. The molecule has 1 unspecified atom stereocenters. The SMILES string of the molecule is C=CCCC(NC(=O)OCC1c2ccccc2-c2ccccc21)C(=O)OC. The first kappa shape index (κ1) is 18.7. The average molecular weight is 365 g/mol. The maximum absolute atomic E-state index is 12.3. The van der Waals surface area contributed by atoms with Gasteiger partial charge in [-0.15, -0.1) is 6.58 Å². The number of fused-ring (bicyclic) bond motifs is 3. The summed E-state index contributed by atoms with van der Waals surface area (Å²) in [5, 5.41) is 2.59. The number of methoxy groups -OCH3 is 1. The van der Waals surface area contributed by atoms with Gasteiger partial charge in [0.05, 0.1) is 7.11 Å². The van der Waals surface area contributed by atoms with Crippen LogP contribution in [0.2, 0.25) is 0 Å². The Labute approximate surface area is 159 Å². The van der Waals surface area contributed by atoms with E-state index in [-0.39, 0.29) is 12.5 Å². The summed E-state index contributed by atoms with van der Waals surface area (Å²) in [5.41, 5.74) is 4.62. The van der Waals surface area contributed by atoms with Crippen LogP contribution in [0.4, 0.5) is 4.79 Å². The second-order valence-electron chi connectivity index (χ2n) is 6.41. The topological polar surface area (TPSA) is 64.6 Å². The molecule has 2 aromatic rings. The highest BCUT2D eigenvalue weighted by Crippen LogP contribution is 2.44. The molecule has 27 heavy (non-hydrogen) atoms. The lowest BCUT2D eigenvalue weighted by atomic mass is 9.98. The van der Waals surface area contributed by atoms with Crippen molar-refractivity contribution in [1.82, 2.24) is 5.32 Å². The highest BCUT2D eigenvalue weighted by atomic mass is 16.6. The number of rotatable bonds is 7. The molecule has 140 valence electrons. The van der Waals surface area contributed by atoms with Crippen molar-refractivity contribution in [3.8, 4) is 11.1 Å². The van der Waals surface area contributed by atoms with E-state index in [0.29, 0.717) is 12.8 Å². The smallest absolute Gasteiger partial charge is 0.407 e. The van der Waals surface area contributed by atoms with Gasteiger partial charge in [0.25, 0.3) is 0 Å². The van der Waals surface area contributed by atoms with Crippen molar-refractivity contribution in [3.05, 3.63) is 72.3 Å². The summed E-state index contributed by atoms with van der Waals surface area (Å²) in [7, 11) is 1.29. The molecule has 5 nitrogen and oxygen atoms in total. The Morgan fingerprint density at radius 3 is 2.26 bits per heavy atom. The first-order valence-electron chi connectivity index (χ1n) is 8.96. The molecule has 1 atom stereocenters. The molecule has 0 fully saturated rings. The zero-order valence-electron chi connectivity index (χ0n) is 15.3. The summed E-state index contributed by atoms with van der Waals surface area (Å²) in [5.74, 6) is -0.516. The van der Waals surface area contributed by atoms with E-state index in [2.05, 4.69) is 36.2 Å². The van der Waals surface area contributed by atoms with E-state index in [1.807, 2.05) is 24.3 Å². The van der Waals surface area contributed by atoms with Gasteiger partial charge in [0, 0.05) is 5.92 Å². The molecule has 0 heterocycles. The van der Waals surface area contributed by atoms with E-state index in [0.717, 1.165) is 11.1 Å². The molecule has 1 aliphatic rings. The fourth-order valence-corrected chi connectivity index (χ4v) is 3.46. The van der Waals surface area contributed by atoms with E-state index >= 15 is 0 Å². The number of benzene rings is 2. The second kappa shape index (κ2) is 8.54. The summed E-state index contributed by atoms with van der Waals surface area (Å²) >= 11 is 0. The number of nitrogens with one attached hydrogen (secondary N) is 1. The lowest BCUT2D eigenvalue weighted by Crippen LogP contribution is -2.42. The zero-order chi connectivity index (χ0) is 19.2. The standard InChI is InChI=1S/C22H23NO4/c1-3-4-13-20(21(24)26-2)23-22(25)27-14-19-17-11-7-5-9-15(17)16-10-6-8-12-18(16)19/h3,5-12,19-20H,1,4,13-14H2,2H3,(H,23,25). The van der Waals surface area contributed by atoms with Crippen molar-refractivity contribution in [1.29, 1.82) is 0 Å². The van der Waals surface area contributed by atoms with Crippen molar-refractivity contribution >= 4 is 12.1 Å². The van der Waals surface area contributed by atoms with Crippen LogP contribution in [0.5, 0.6) is 0 Å². The minimum absolute atomic E-state index is 0.0205. The van der Waals surface area contributed by atoms with Gasteiger partial charge in [-0.1, -0.05) is 54.6 Å². The Morgan fingerprint density at radius 1 is 1.11 bits per heavy atom. The largest absolute Gasteiger partial charge is 0.467 e. The number of amides is 1. The Balaban J connectivity index is 1.68. The molecule has 2 aromatic carbocycles. The van der Waals surface area contributed by atoms with Crippen molar-refractivity contribution in [3.63, 3.8) is 0 Å². The quantitative estimate of drug-likeness (QED) is 0.594. The molecule has 1 aliphatic carbocycles. The van der Waals surface area contributed by atoms with Crippen molar-refractivity contribution < 1.29 is 19.1 Å². The van der Waals surface area contributed by atoms with Crippen LogP contribution in [0.3, 0.4) is 0 Å². The Bertz CT molecular complexity index is 800. The maximum atomic E-state index is 12.3. The number of hydrogen-bond acceptors (Lipinski definition) is 4. The monoisotopic (exact) mass is 365 g/mol. The van der Waals surface area contributed by atoms with E-state index < -0.39 is 18.1 Å². The molecule has 0 saturated carbocycles. The highest BCUT2D eigenvalue weighted by molar-refractivity contribution is 5.82. The van der Waals surface area contributed by atoms with Gasteiger partial charge in [-0.05, 0) is 35.1 Å². The number of alkyl carbamates (subject to hydrolysis) is 1. The van der Waals surface area contributed by atoms with Crippen LogP contribution in [0.25, 0.3) is 11.1 Å². The molecule has 1 amide bonds. The molecule has 1 N–H and O–H groups in total. The average Bonchev–Trinajstić information content (AvgIpc) is 3.03. The van der Waals surface area contributed by atoms with Crippen LogP contribution < -0.4 is 5.32 Å². The predicted molar refractivity (Wildman–Crippen MR) is 103 cm³/mol.